The molecule has 0 rings (SSSR count). The van der Waals surface area contributed by atoms with Crippen molar-refractivity contribution in [3.8, 4) is 6.07 Å². The van der Waals surface area contributed by atoms with E-state index in [2.05, 4.69) is 4.99 Å². The van der Waals surface area contributed by atoms with Gasteiger partial charge in [0.25, 0.3) is 0 Å². The number of rotatable bonds is 1. The zero-order chi connectivity index (χ0) is 5.70. The van der Waals surface area contributed by atoms with Crippen molar-refractivity contribution < 1.29 is 0 Å². The third-order valence-electron chi connectivity index (χ3n) is 0.734. The van der Waals surface area contributed by atoms with Gasteiger partial charge in [-0.2, -0.15) is 5.26 Å². The smallest absolute Gasteiger partial charge is 0.114 e. The molecule has 0 saturated carbocycles. The number of hydrogen-bond donors (Lipinski definition) is 0. The van der Waals surface area contributed by atoms with Crippen molar-refractivity contribution in [2.45, 2.75) is 13.3 Å². The SMILES string of the molecule is CCC(C#N)=NC. The van der Waals surface area contributed by atoms with E-state index in [1.54, 1.807) is 7.05 Å². The maximum Gasteiger partial charge on any atom is 0.114 e. The van der Waals surface area contributed by atoms with Gasteiger partial charge in [-0.15, -0.1) is 0 Å². The van der Waals surface area contributed by atoms with Gasteiger partial charge in [-0.1, -0.05) is 6.92 Å². The van der Waals surface area contributed by atoms with Crippen molar-refractivity contribution in [1.82, 2.24) is 0 Å². The van der Waals surface area contributed by atoms with Crippen molar-refractivity contribution in [2.24, 2.45) is 4.99 Å². The van der Waals surface area contributed by atoms with Gasteiger partial charge in [-0.25, -0.2) is 0 Å². The van der Waals surface area contributed by atoms with Gasteiger partial charge in [0.1, 0.15) is 11.8 Å². The van der Waals surface area contributed by atoms with Crippen LogP contribution < -0.4 is 0 Å². The molecule has 0 bridgehead atoms. The topological polar surface area (TPSA) is 36.1 Å². The molecule has 0 radical (unpaired) electrons. The normalized spacial score (nSPS) is 10.7. The lowest BCUT2D eigenvalue weighted by molar-refractivity contribution is 1.26. The van der Waals surface area contributed by atoms with E-state index in [0.29, 0.717) is 5.71 Å². The molecule has 0 spiro atoms. The molecule has 0 heterocycles. The Labute approximate surface area is 43.5 Å². The van der Waals surface area contributed by atoms with Crippen molar-refractivity contribution in [3.05, 3.63) is 0 Å². The standard InChI is InChI=1S/C5H8N2/c1-3-5(4-6)7-2/h3H2,1-2H3. The van der Waals surface area contributed by atoms with Crippen LogP contribution in [-0.4, -0.2) is 12.8 Å². The summed E-state index contributed by atoms with van der Waals surface area (Å²) in [6.45, 7) is 1.91. The Hall–Kier alpha value is -0.840. The Morgan fingerprint density at radius 1 is 1.86 bits per heavy atom. The van der Waals surface area contributed by atoms with E-state index in [4.69, 9.17) is 5.26 Å². The molecule has 0 unspecified atom stereocenters. The molecule has 2 nitrogen and oxygen atoms in total. The summed E-state index contributed by atoms with van der Waals surface area (Å²) in [5.41, 5.74) is 0.611. The van der Waals surface area contributed by atoms with E-state index < -0.39 is 0 Å². The molecule has 0 aliphatic rings. The van der Waals surface area contributed by atoms with Gasteiger partial charge in [-0.3, -0.25) is 4.99 Å². The van der Waals surface area contributed by atoms with Gasteiger partial charge in [-0.05, 0) is 6.42 Å². The van der Waals surface area contributed by atoms with Crippen LogP contribution in [0.15, 0.2) is 4.99 Å². The number of nitriles is 1. The predicted molar refractivity (Wildman–Crippen MR) is 29.3 cm³/mol. The van der Waals surface area contributed by atoms with E-state index in [1.165, 1.54) is 0 Å². The molecule has 2 heteroatoms. The molecule has 0 aliphatic heterocycles. The monoisotopic (exact) mass is 96.1 g/mol. The molecule has 0 aromatic carbocycles. The van der Waals surface area contributed by atoms with Crippen LogP contribution in [0.5, 0.6) is 0 Å². The molecule has 0 aromatic rings. The third kappa shape index (κ3) is 1.94. The van der Waals surface area contributed by atoms with Crippen LogP contribution in [0.3, 0.4) is 0 Å². The first-order valence-electron chi connectivity index (χ1n) is 2.21. The lowest BCUT2D eigenvalue weighted by Gasteiger charge is -1.80. The van der Waals surface area contributed by atoms with Gasteiger partial charge in [0.2, 0.25) is 0 Å². The van der Waals surface area contributed by atoms with Crippen LogP contribution in [0.2, 0.25) is 0 Å². The zero-order valence-corrected chi connectivity index (χ0v) is 4.60. The minimum atomic E-state index is 0.611. The lowest BCUT2D eigenvalue weighted by atomic mass is 10.3. The average Bonchev–Trinajstić information content (AvgIpc) is 1.72. The van der Waals surface area contributed by atoms with Crippen molar-refractivity contribution in [3.63, 3.8) is 0 Å². The number of aliphatic imine (C=N–C) groups is 1. The largest absolute Gasteiger partial charge is 0.282 e. The van der Waals surface area contributed by atoms with Crippen LogP contribution in [0.25, 0.3) is 0 Å². The Morgan fingerprint density at radius 2 is 2.43 bits per heavy atom. The summed E-state index contributed by atoms with van der Waals surface area (Å²) in [5.74, 6) is 0. The summed E-state index contributed by atoms with van der Waals surface area (Å²) < 4.78 is 0. The summed E-state index contributed by atoms with van der Waals surface area (Å²) in [7, 11) is 1.63. The van der Waals surface area contributed by atoms with Crippen LogP contribution in [0, 0.1) is 11.3 Å². The highest BCUT2D eigenvalue weighted by atomic mass is 14.7. The summed E-state index contributed by atoms with van der Waals surface area (Å²) in [6, 6.07) is 1.95. The highest BCUT2D eigenvalue weighted by Gasteiger charge is 1.84. The van der Waals surface area contributed by atoms with Crippen LogP contribution >= 0.6 is 0 Å². The predicted octanol–water partition coefficient (Wildman–Crippen LogP) is 0.991. The van der Waals surface area contributed by atoms with Crippen molar-refractivity contribution in [1.29, 1.82) is 5.26 Å². The maximum atomic E-state index is 8.15. The first-order valence-corrected chi connectivity index (χ1v) is 2.21. The second kappa shape index (κ2) is 3.35. The molecule has 7 heavy (non-hydrogen) atoms. The summed E-state index contributed by atoms with van der Waals surface area (Å²) in [6.07, 6.45) is 0.743. The van der Waals surface area contributed by atoms with Crippen LogP contribution in [0.1, 0.15) is 13.3 Å². The first-order chi connectivity index (χ1) is 3.35. The average molecular weight is 96.1 g/mol. The zero-order valence-electron chi connectivity index (χ0n) is 4.60. The van der Waals surface area contributed by atoms with Crippen LogP contribution in [0.4, 0.5) is 0 Å². The second-order valence-corrected chi connectivity index (χ2v) is 1.14. The van der Waals surface area contributed by atoms with E-state index in [1.807, 2.05) is 13.0 Å². The molecule has 0 fully saturated rings. The highest BCUT2D eigenvalue weighted by Crippen LogP contribution is 1.78. The van der Waals surface area contributed by atoms with Crippen molar-refractivity contribution >= 4 is 5.71 Å². The van der Waals surface area contributed by atoms with E-state index in [-0.39, 0.29) is 0 Å². The van der Waals surface area contributed by atoms with E-state index in [0.717, 1.165) is 6.42 Å². The Bertz CT molecular complexity index is 108. The van der Waals surface area contributed by atoms with Gasteiger partial charge >= 0.3 is 0 Å². The van der Waals surface area contributed by atoms with Crippen LogP contribution in [-0.2, 0) is 0 Å². The molecule has 38 valence electrons. The fraction of sp³-hybridized carbons (Fsp3) is 0.600. The molecule has 0 saturated heterocycles. The van der Waals surface area contributed by atoms with Gasteiger partial charge in [0.15, 0.2) is 0 Å². The quantitative estimate of drug-likeness (QED) is 0.448. The number of hydrogen-bond acceptors (Lipinski definition) is 2. The Balaban J connectivity index is 3.68. The third-order valence-corrected chi connectivity index (χ3v) is 0.734. The molecule has 0 atom stereocenters. The number of nitrogens with zero attached hydrogens (tertiary/aromatic N) is 2. The Morgan fingerprint density at radius 3 is 2.43 bits per heavy atom. The maximum absolute atomic E-state index is 8.15. The lowest BCUT2D eigenvalue weighted by Crippen LogP contribution is -1.87. The highest BCUT2D eigenvalue weighted by molar-refractivity contribution is 5.97. The summed E-state index contributed by atoms with van der Waals surface area (Å²) in [4.78, 5) is 3.68. The first kappa shape index (κ1) is 6.16. The minimum Gasteiger partial charge on any atom is -0.282 e. The molecule has 0 N–H and O–H groups in total. The van der Waals surface area contributed by atoms with E-state index >= 15 is 0 Å². The summed E-state index contributed by atoms with van der Waals surface area (Å²) in [5, 5.41) is 8.15. The van der Waals surface area contributed by atoms with Gasteiger partial charge in [0, 0.05) is 7.05 Å². The van der Waals surface area contributed by atoms with E-state index in [9.17, 15) is 0 Å². The molecular formula is C5H8N2. The fourth-order valence-corrected chi connectivity index (χ4v) is 0.287. The van der Waals surface area contributed by atoms with Crippen molar-refractivity contribution in [2.75, 3.05) is 7.05 Å². The molecular weight excluding hydrogens is 88.1 g/mol. The second-order valence-electron chi connectivity index (χ2n) is 1.14. The van der Waals surface area contributed by atoms with Gasteiger partial charge < -0.3 is 0 Å². The molecule has 0 aromatic heterocycles. The Kier molecular flexibility index (Phi) is 2.95. The van der Waals surface area contributed by atoms with Gasteiger partial charge in [0.05, 0.1) is 0 Å². The minimum absolute atomic E-state index is 0.611. The summed E-state index contributed by atoms with van der Waals surface area (Å²) >= 11 is 0. The molecule has 0 amide bonds. The molecule has 0 aliphatic carbocycles. The fourth-order valence-electron chi connectivity index (χ4n) is 0.287.